The Labute approximate surface area is 138 Å². The molecular weight excluding hydrogens is 288 g/mol. The highest BCUT2D eigenvalue weighted by Crippen LogP contribution is 2.32. The number of nitrogens with zero attached hydrogens (tertiary/aromatic N) is 2. The van der Waals surface area contributed by atoms with E-state index >= 15 is 0 Å². The van der Waals surface area contributed by atoms with E-state index in [1.54, 1.807) is 7.11 Å². The Morgan fingerprint density at radius 1 is 1.35 bits per heavy atom. The highest BCUT2D eigenvalue weighted by Gasteiger charge is 2.39. The van der Waals surface area contributed by atoms with Gasteiger partial charge in [-0.3, -0.25) is 9.69 Å². The zero-order valence-corrected chi connectivity index (χ0v) is 14.1. The fraction of sp³-hybridized carbons (Fsp3) is 0.526. The summed E-state index contributed by atoms with van der Waals surface area (Å²) < 4.78 is 5.43. The molecule has 3 rings (SSSR count). The monoisotopic (exact) mass is 314 g/mol. The van der Waals surface area contributed by atoms with Crippen LogP contribution in [-0.2, 0) is 17.8 Å². The predicted octanol–water partition coefficient (Wildman–Crippen LogP) is 2.62. The maximum Gasteiger partial charge on any atom is 0.223 e. The lowest BCUT2D eigenvalue weighted by molar-refractivity contribution is -0.130. The van der Waals surface area contributed by atoms with Crippen LogP contribution in [0.1, 0.15) is 30.4 Å². The fourth-order valence-corrected chi connectivity index (χ4v) is 3.92. The molecule has 2 atom stereocenters. The van der Waals surface area contributed by atoms with E-state index in [0.29, 0.717) is 18.5 Å². The van der Waals surface area contributed by atoms with Gasteiger partial charge in [0.2, 0.25) is 5.91 Å². The average molecular weight is 314 g/mol. The molecule has 4 heteroatoms. The molecule has 2 aliphatic heterocycles. The minimum absolute atomic E-state index is 0.282. The van der Waals surface area contributed by atoms with Gasteiger partial charge in [0, 0.05) is 38.6 Å². The molecule has 0 aromatic heterocycles. The smallest absolute Gasteiger partial charge is 0.223 e. The first-order valence-electron chi connectivity index (χ1n) is 8.38. The van der Waals surface area contributed by atoms with E-state index in [2.05, 4.69) is 23.6 Å². The second-order valence-corrected chi connectivity index (χ2v) is 6.67. The Morgan fingerprint density at radius 2 is 2.13 bits per heavy atom. The van der Waals surface area contributed by atoms with Crippen LogP contribution in [0, 0.1) is 0 Å². The van der Waals surface area contributed by atoms with E-state index in [1.807, 2.05) is 24.1 Å². The quantitative estimate of drug-likeness (QED) is 0.783. The van der Waals surface area contributed by atoms with Crippen molar-refractivity contribution in [2.45, 2.75) is 44.3 Å². The van der Waals surface area contributed by atoms with Gasteiger partial charge in [0.1, 0.15) is 5.75 Å². The van der Waals surface area contributed by atoms with Crippen LogP contribution in [0.3, 0.4) is 0 Å². The van der Waals surface area contributed by atoms with Gasteiger partial charge >= 0.3 is 0 Å². The number of amides is 1. The number of hydrogen-bond donors (Lipinski definition) is 0. The number of carbonyl (C=O) groups is 1. The molecule has 2 saturated heterocycles. The van der Waals surface area contributed by atoms with Crippen molar-refractivity contribution in [3.05, 3.63) is 42.0 Å². The molecule has 0 N–H and O–H groups in total. The Morgan fingerprint density at radius 3 is 2.87 bits per heavy atom. The summed E-state index contributed by atoms with van der Waals surface area (Å²) in [5, 5.41) is 0. The number of ether oxygens (including phenoxy) is 1. The van der Waals surface area contributed by atoms with Crippen LogP contribution in [0.25, 0.3) is 0 Å². The third-order valence-electron chi connectivity index (χ3n) is 5.17. The molecule has 1 amide bonds. The zero-order valence-electron chi connectivity index (χ0n) is 14.1. The van der Waals surface area contributed by atoms with Crippen LogP contribution in [0.2, 0.25) is 0 Å². The number of methoxy groups -OCH3 is 1. The lowest BCUT2D eigenvalue weighted by Gasteiger charge is -2.28. The van der Waals surface area contributed by atoms with E-state index in [-0.39, 0.29) is 5.91 Å². The zero-order chi connectivity index (χ0) is 16.4. The molecular formula is C19H26N2O2. The van der Waals surface area contributed by atoms with Gasteiger partial charge in [-0.1, -0.05) is 18.2 Å². The minimum Gasteiger partial charge on any atom is -0.496 e. The van der Waals surface area contributed by atoms with Gasteiger partial charge in [0.25, 0.3) is 0 Å². The van der Waals surface area contributed by atoms with Crippen LogP contribution >= 0.6 is 0 Å². The number of carbonyl (C=O) groups excluding carboxylic acids is 1. The van der Waals surface area contributed by atoms with Gasteiger partial charge < -0.3 is 9.64 Å². The molecule has 1 aromatic carbocycles. The van der Waals surface area contributed by atoms with E-state index < -0.39 is 0 Å². The summed E-state index contributed by atoms with van der Waals surface area (Å²) in [5.41, 5.74) is 2.46. The van der Waals surface area contributed by atoms with Crippen molar-refractivity contribution in [1.82, 2.24) is 9.80 Å². The van der Waals surface area contributed by atoms with Crippen LogP contribution in [0.15, 0.2) is 30.9 Å². The Bertz CT molecular complexity index is 599. The topological polar surface area (TPSA) is 32.8 Å². The van der Waals surface area contributed by atoms with Gasteiger partial charge in [-0.15, -0.1) is 6.58 Å². The van der Waals surface area contributed by atoms with Gasteiger partial charge in [-0.2, -0.15) is 0 Å². The highest BCUT2D eigenvalue weighted by molar-refractivity contribution is 5.77. The molecule has 0 saturated carbocycles. The maximum absolute atomic E-state index is 12.1. The number of fused-ring (bicyclic) bond motifs is 2. The average Bonchev–Trinajstić information content (AvgIpc) is 2.84. The summed E-state index contributed by atoms with van der Waals surface area (Å²) in [7, 11) is 3.63. The fourth-order valence-electron chi connectivity index (χ4n) is 3.92. The third-order valence-corrected chi connectivity index (χ3v) is 5.17. The number of likely N-dealkylation sites (tertiary alicyclic amines) is 1. The third kappa shape index (κ3) is 3.27. The lowest BCUT2D eigenvalue weighted by Crippen LogP contribution is -2.38. The van der Waals surface area contributed by atoms with E-state index in [9.17, 15) is 4.79 Å². The molecule has 2 heterocycles. The SMILES string of the molecule is C=CCc1cc(CN2[C@@H]3CC[C@H]2CN(C)C(=O)C3)ccc1OC. The van der Waals surface area contributed by atoms with Crippen molar-refractivity contribution in [2.24, 2.45) is 0 Å². The summed E-state index contributed by atoms with van der Waals surface area (Å²) in [5.74, 6) is 1.20. The number of likely N-dealkylation sites (N-methyl/N-ethyl adjacent to an activating group) is 1. The van der Waals surface area contributed by atoms with E-state index in [4.69, 9.17) is 4.74 Å². The van der Waals surface area contributed by atoms with Crippen molar-refractivity contribution in [3.63, 3.8) is 0 Å². The molecule has 0 aliphatic carbocycles. The van der Waals surface area contributed by atoms with Gasteiger partial charge in [-0.25, -0.2) is 0 Å². The molecule has 2 bridgehead atoms. The number of benzene rings is 1. The largest absolute Gasteiger partial charge is 0.496 e. The molecule has 2 fully saturated rings. The van der Waals surface area contributed by atoms with Gasteiger partial charge in [-0.05, 0) is 36.5 Å². The number of hydrogen-bond acceptors (Lipinski definition) is 3. The van der Waals surface area contributed by atoms with Crippen LogP contribution in [0.5, 0.6) is 5.75 Å². The molecule has 124 valence electrons. The van der Waals surface area contributed by atoms with Crippen molar-refractivity contribution >= 4 is 5.91 Å². The summed E-state index contributed by atoms with van der Waals surface area (Å²) in [6.45, 7) is 5.59. The van der Waals surface area contributed by atoms with Gasteiger partial charge in [0.05, 0.1) is 7.11 Å². The Hall–Kier alpha value is -1.81. The maximum atomic E-state index is 12.1. The van der Waals surface area contributed by atoms with E-state index in [0.717, 1.165) is 31.7 Å². The first kappa shape index (κ1) is 16.1. The van der Waals surface area contributed by atoms with Crippen molar-refractivity contribution in [2.75, 3.05) is 20.7 Å². The summed E-state index contributed by atoms with van der Waals surface area (Å²) in [6, 6.07) is 7.28. The van der Waals surface area contributed by atoms with Crippen LogP contribution < -0.4 is 4.74 Å². The summed E-state index contributed by atoms with van der Waals surface area (Å²) in [6.07, 6.45) is 5.70. The van der Waals surface area contributed by atoms with Crippen molar-refractivity contribution < 1.29 is 9.53 Å². The van der Waals surface area contributed by atoms with Gasteiger partial charge in [0.15, 0.2) is 0 Å². The Kier molecular flexibility index (Phi) is 4.71. The van der Waals surface area contributed by atoms with E-state index in [1.165, 1.54) is 17.5 Å². The number of rotatable bonds is 5. The molecule has 0 radical (unpaired) electrons. The highest BCUT2D eigenvalue weighted by atomic mass is 16.5. The Balaban J connectivity index is 1.80. The van der Waals surface area contributed by atoms with Crippen LogP contribution in [-0.4, -0.2) is 48.5 Å². The second kappa shape index (κ2) is 6.75. The standard InChI is InChI=1S/C19H26N2O2/c1-4-5-15-10-14(6-9-18(15)23-3)12-21-16-7-8-17(21)13-20(2)19(22)11-16/h4,6,9-10,16-17H,1,5,7-8,11-13H2,2-3H3/t16-,17+/m1/s1. The molecule has 23 heavy (non-hydrogen) atoms. The summed E-state index contributed by atoms with van der Waals surface area (Å²) >= 11 is 0. The second-order valence-electron chi connectivity index (χ2n) is 6.67. The first-order valence-corrected chi connectivity index (χ1v) is 8.38. The molecule has 2 aliphatic rings. The molecule has 0 spiro atoms. The minimum atomic E-state index is 0.282. The normalized spacial score (nSPS) is 24.6. The van der Waals surface area contributed by atoms with Crippen LogP contribution in [0.4, 0.5) is 0 Å². The predicted molar refractivity (Wildman–Crippen MR) is 91.5 cm³/mol. The van der Waals surface area contributed by atoms with Crippen molar-refractivity contribution in [1.29, 1.82) is 0 Å². The van der Waals surface area contributed by atoms with Crippen molar-refractivity contribution in [3.8, 4) is 5.75 Å². The molecule has 4 nitrogen and oxygen atoms in total. The first-order chi connectivity index (χ1) is 11.1. The lowest BCUT2D eigenvalue weighted by atomic mass is 10.1. The molecule has 1 aromatic rings. The summed E-state index contributed by atoms with van der Waals surface area (Å²) in [4.78, 5) is 16.5. The number of allylic oxidation sites excluding steroid dienone is 1. The molecule has 0 unspecified atom stereocenters.